The number of rotatable bonds is 4. The quantitative estimate of drug-likeness (QED) is 0.924. The van der Waals surface area contributed by atoms with Gasteiger partial charge < -0.3 is 15.4 Å². The van der Waals surface area contributed by atoms with E-state index in [1.807, 2.05) is 0 Å². The van der Waals surface area contributed by atoms with E-state index in [2.05, 4.69) is 46.0 Å². The fourth-order valence-corrected chi connectivity index (χ4v) is 3.05. The van der Waals surface area contributed by atoms with Gasteiger partial charge in [0, 0.05) is 36.4 Å². The molecule has 3 nitrogen and oxygen atoms in total. The molecule has 2 rings (SSSR count). The molecule has 2 N–H and O–H groups in total. The minimum atomic E-state index is 0.183. The third-order valence-corrected chi connectivity index (χ3v) is 4.13. The maximum atomic E-state index is 5.96. The molecule has 106 valence electrons. The second-order valence-corrected chi connectivity index (χ2v) is 6.32. The Balaban J connectivity index is 2.23. The number of anilines is 1. The first-order chi connectivity index (χ1) is 9.10. The van der Waals surface area contributed by atoms with Crippen LogP contribution in [0.15, 0.2) is 22.7 Å². The third-order valence-electron chi connectivity index (χ3n) is 3.64. The van der Waals surface area contributed by atoms with E-state index < -0.39 is 0 Å². The zero-order chi connectivity index (χ0) is 13.8. The Morgan fingerprint density at radius 2 is 2.32 bits per heavy atom. The SMILES string of the molecule is COC1CCCN(c2cc(Br)ccc2CC(C)N)C1. The molecule has 1 fully saturated rings. The number of ether oxygens (including phenoxy) is 1. The highest BCUT2D eigenvalue weighted by molar-refractivity contribution is 9.10. The van der Waals surface area contributed by atoms with Crippen LogP contribution in [0.3, 0.4) is 0 Å². The van der Waals surface area contributed by atoms with Gasteiger partial charge in [-0.15, -0.1) is 0 Å². The van der Waals surface area contributed by atoms with Crippen molar-refractivity contribution in [2.24, 2.45) is 5.73 Å². The fraction of sp³-hybridized carbons (Fsp3) is 0.600. The first-order valence-electron chi connectivity index (χ1n) is 6.92. The molecule has 19 heavy (non-hydrogen) atoms. The molecule has 2 unspecified atom stereocenters. The van der Waals surface area contributed by atoms with Gasteiger partial charge >= 0.3 is 0 Å². The number of benzene rings is 1. The van der Waals surface area contributed by atoms with Crippen LogP contribution in [0, 0.1) is 0 Å². The van der Waals surface area contributed by atoms with Gasteiger partial charge in [0.15, 0.2) is 0 Å². The van der Waals surface area contributed by atoms with E-state index in [9.17, 15) is 0 Å². The predicted molar refractivity (Wildman–Crippen MR) is 83.7 cm³/mol. The summed E-state index contributed by atoms with van der Waals surface area (Å²) < 4.78 is 6.64. The zero-order valence-electron chi connectivity index (χ0n) is 11.7. The highest BCUT2D eigenvalue weighted by Gasteiger charge is 2.21. The number of methoxy groups -OCH3 is 1. The van der Waals surface area contributed by atoms with Crippen LogP contribution in [-0.4, -0.2) is 32.3 Å². The van der Waals surface area contributed by atoms with Crippen LogP contribution in [0.2, 0.25) is 0 Å². The van der Waals surface area contributed by atoms with Gasteiger partial charge in [-0.1, -0.05) is 22.0 Å². The topological polar surface area (TPSA) is 38.5 Å². The lowest BCUT2D eigenvalue weighted by atomic mass is 10.0. The molecule has 0 aliphatic carbocycles. The molecule has 1 aromatic rings. The molecule has 0 spiro atoms. The van der Waals surface area contributed by atoms with Crippen LogP contribution in [-0.2, 0) is 11.2 Å². The van der Waals surface area contributed by atoms with Crippen molar-refractivity contribution in [1.29, 1.82) is 0 Å². The van der Waals surface area contributed by atoms with E-state index in [4.69, 9.17) is 10.5 Å². The number of hydrogen-bond acceptors (Lipinski definition) is 3. The standard InChI is InChI=1S/C15H23BrN2O/c1-11(17)8-12-5-6-13(16)9-15(12)18-7-3-4-14(10-18)19-2/h5-6,9,11,14H,3-4,7-8,10,17H2,1-2H3. The van der Waals surface area contributed by atoms with Gasteiger partial charge in [-0.25, -0.2) is 0 Å². The lowest BCUT2D eigenvalue weighted by molar-refractivity contribution is 0.0893. The van der Waals surface area contributed by atoms with Crippen LogP contribution in [0.25, 0.3) is 0 Å². The molecule has 1 aliphatic rings. The Bertz CT molecular complexity index is 423. The average Bonchev–Trinajstić information content (AvgIpc) is 2.40. The number of hydrogen-bond donors (Lipinski definition) is 1. The summed E-state index contributed by atoms with van der Waals surface area (Å²) in [5.74, 6) is 0. The summed E-state index contributed by atoms with van der Waals surface area (Å²) in [6.45, 7) is 4.13. The largest absolute Gasteiger partial charge is 0.380 e. The summed E-state index contributed by atoms with van der Waals surface area (Å²) in [6, 6.07) is 6.66. The van der Waals surface area contributed by atoms with Crippen LogP contribution >= 0.6 is 15.9 Å². The number of piperidine rings is 1. The monoisotopic (exact) mass is 326 g/mol. The van der Waals surface area contributed by atoms with Gasteiger partial charge in [0.1, 0.15) is 0 Å². The molecule has 2 atom stereocenters. The summed E-state index contributed by atoms with van der Waals surface area (Å²) in [6.07, 6.45) is 3.60. The molecular weight excluding hydrogens is 304 g/mol. The highest BCUT2D eigenvalue weighted by atomic mass is 79.9. The summed E-state index contributed by atoms with van der Waals surface area (Å²) in [4.78, 5) is 2.43. The zero-order valence-corrected chi connectivity index (χ0v) is 13.3. The van der Waals surface area contributed by atoms with Crippen LogP contribution in [0.5, 0.6) is 0 Å². The third kappa shape index (κ3) is 3.94. The molecule has 1 aromatic carbocycles. The van der Waals surface area contributed by atoms with E-state index in [0.29, 0.717) is 6.10 Å². The van der Waals surface area contributed by atoms with Crippen molar-refractivity contribution in [2.45, 2.75) is 38.3 Å². The molecule has 0 saturated carbocycles. The Hall–Kier alpha value is -0.580. The van der Waals surface area contributed by atoms with Crippen molar-refractivity contribution in [3.05, 3.63) is 28.2 Å². The predicted octanol–water partition coefficient (Wildman–Crippen LogP) is 2.95. The molecule has 0 bridgehead atoms. The van der Waals surface area contributed by atoms with Gasteiger partial charge in [0.05, 0.1) is 6.10 Å². The Morgan fingerprint density at radius 3 is 3.00 bits per heavy atom. The van der Waals surface area contributed by atoms with E-state index in [0.717, 1.165) is 30.4 Å². The molecule has 0 amide bonds. The smallest absolute Gasteiger partial charge is 0.0746 e. The molecule has 0 radical (unpaired) electrons. The first kappa shape index (κ1) is 14.8. The second-order valence-electron chi connectivity index (χ2n) is 5.40. The lowest BCUT2D eigenvalue weighted by Crippen LogP contribution is -2.40. The Labute approximate surface area is 124 Å². The second kappa shape index (κ2) is 6.73. The molecule has 1 aliphatic heterocycles. The van der Waals surface area contributed by atoms with Gasteiger partial charge in [0.2, 0.25) is 0 Å². The van der Waals surface area contributed by atoms with E-state index in [1.54, 1.807) is 7.11 Å². The maximum absolute atomic E-state index is 5.96. The average molecular weight is 327 g/mol. The van der Waals surface area contributed by atoms with Crippen molar-refractivity contribution in [1.82, 2.24) is 0 Å². The highest BCUT2D eigenvalue weighted by Crippen LogP contribution is 2.29. The van der Waals surface area contributed by atoms with Crippen molar-refractivity contribution in [2.75, 3.05) is 25.1 Å². The van der Waals surface area contributed by atoms with Crippen molar-refractivity contribution in [3.8, 4) is 0 Å². The Kier molecular flexibility index (Phi) is 5.25. The normalized spacial score (nSPS) is 21.5. The van der Waals surface area contributed by atoms with Gasteiger partial charge in [-0.2, -0.15) is 0 Å². The van der Waals surface area contributed by atoms with Crippen LogP contribution < -0.4 is 10.6 Å². The van der Waals surface area contributed by atoms with E-state index >= 15 is 0 Å². The van der Waals surface area contributed by atoms with Crippen molar-refractivity contribution in [3.63, 3.8) is 0 Å². The maximum Gasteiger partial charge on any atom is 0.0746 e. The fourth-order valence-electron chi connectivity index (χ4n) is 2.70. The molecular formula is C15H23BrN2O. The Morgan fingerprint density at radius 1 is 1.53 bits per heavy atom. The van der Waals surface area contributed by atoms with Gasteiger partial charge in [0.25, 0.3) is 0 Å². The molecule has 4 heteroatoms. The van der Waals surface area contributed by atoms with Crippen molar-refractivity contribution < 1.29 is 4.74 Å². The van der Waals surface area contributed by atoms with Gasteiger partial charge in [-0.3, -0.25) is 0 Å². The lowest BCUT2D eigenvalue weighted by Gasteiger charge is -2.35. The summed E-state index contributed by atoms with van der Waals surface area (Å²) in [7, 11) is 1.80. The summed E-state index contributed by atoms with van der Waals surface area (Å²) >= 11 is 3.57. The number of nitrogens with zero attached hydrogens (tertiary/aromatic N) is 1. The van der Waals surface area contributed by atoms with Gasteiger partial charge in [-0.05, 0) is 43.9 Å². The molecule has 1 saturated heterocycles. The van der Waals surface area contributed by atoms with Crippen LogP contribution in [0.1, 0.15) is 25.3 Å². The minimum Gasteiger partial charge on any atom is -0.380 e. The van der Waals surface area contributed by atoms with E-state index in [-0.39, 0.29) is 6.04 Å². The molecule has 1 heterocycles. The minimum absolute atomic E-state index is 0.183. The van der Waals surface area contributed by atoms with Crippen molar-refractivity contribution >= 4 is 21.6 Å². The first-order valence-corrected chi connectivity index (χ1v) is 7.71. The molecule has 0 aromatic heterocycles. The van der Waals surface area contributed by atoms with E-state index in [1.165, 1.54) is 17.7 Å². The number of halogens is 1. The summed E-state index contributed by atoms with van der Waals surface area (Å²) in [5, 5.41) is 0. The number of nitrogens with two attached hydrogens (primary N) is 1. The van der Waals surface area contributed by atoms with Crippen LogP contribution in [0.4, 0.5) is 5.69 Å². The summed E-state index contributed by atoms with van der Waals surface area (Å²) in [5.41, 5.74) is 8.59.